The standard InChI is InChI=1S/C17H23N3O3/c1-12(2)11-23-17(22)18(4)15-13(3)19(5)20(16(15)21)14-9-7-6-8-10-14/h6-10,12H,11H2,1-5H3. The molecule has 124 valence electrons. The van der Waals surface area contributed by atoms with Crippen LogP contribution >= 0.6 is 0 Å². The number of nitrogens with zero attached hydrogens (tertiary/aromatic N) is 3. The average molecular weight is 317 g/mol. The van der Waals surface area contributed by atoms with Gasteiger partial charge < -0.3 is 4.74 Å². The van der Waals surface area contributed by atoms with Crippen molar-refractivity contribution in [1.82, 2.24) is 9.36 Å². The number of rotatable bonds is 4. The number of carbonyl (C=O) groups excluding carboxylic acids is 1. The number of ether oxygens (including phenoxy) is 1. The highest BCUT2D eigenvalue weighted by Gasteiger charge is 2.24. The fraction of sp³-hybridized carbons (Fsp3) is 0.412. The van der Waals surface area contributed by atoms with Gasteiger partial charge in [0.1, 0.15) is 5.69 Å². The monoisotopic (exact) mass is 317 g/mol. The Morgan fingerprint density at radius 1 is 1.26 bits per heavy atom. The highest BCUT2D eigenvalue weighted by molar-refractivity contribution is 5.87. The third kappa shape index (κ3) is 3.31. The van der Waals surface area contributed by atoms with E-state index < -0.39 is 6.09 Å². The van der Waals surface area contributed by atoms with E-state index in [0.717, 1.165) is 5.69 Å². The van der Waals surface area contributed by atoms with Crippen LogP contribution < -0.4 is 10.5 Å². The first-order valence-electron chi connectivity index (χ1n) is 7.59. The predicted molar refractivity (Wildman–Crippen MR) is 90.3 cm³/mol. The first kappa shape index (κ1) is 16.9. The summed E-state index contributed by atoms with van der Waals surface area (Å²) in [4.78, 5) is 26.2. The van der Waals surface area contributed by atoms with Gasteiger partial charge in [-0.2, -0.15) is 0 Å². The molecule has 0 aliphatic carbocycles. The number of amides is 1. The molecule has 2 aromatic rings. The van der Waals surface area contributed by atoms with E-state index in [4.69, 9.17) is 4.74 Å². The fourth-order valence-electron chi connectivity index (χ4n) is 2.37. The van der Waals surface area contributed by atoms with Crippen molar-refractivity contribution in [2.75, 3.05) is 18.6 Å². The van der Waals surface area contributed by atoms with E-state index in [1.54, 1.807) is 18.8 Å². The maximum absolute atomic E-state index is 12.8. The smallest absolute Gasteiger partial charge is 0.414 e. The van der Waals surface area contributed by atoms with Crippen LogP contribution in [0, 0.1) is 12.8 Å². The van der Waals surface area contributed by atoms with Crippen LogP contribution in [0.2, 0.25) is 0 Å². The van der Waals surface area contributed by atoms with Gasteiger partial charge in [0.05, 0.1) is 18.0 Å². The summed E-state index contributed by atoms with van der Waals surface area (Å²) < 4.78 is 8.49. The number of hydrogen-bond acceptors (Lipinski definition) is 3. The zero-order chi connectivity index (χ0) is 17.1. The fourth-order valence-corrected chi connectivity index (χ4v) is 2.37. The van der Waals surface area contributed by atoms with E-state index >= 15 is 0 Å². The molecule has 2 rings (SSSR count). The molecule has 1 aromatic carbocycles. The van der Waals surface area contributed by atoms with Crippen LogP contribution in [0.3, 0.4) is 0 Å². The van der Waals surface area contributed by atoms with Crippen molar-refractivity contribution >= 4 is 11.8 Å². The molecule has 0 atom stereocenters. The van der Waals surface area contributed by atoms with Gasteiger partial charge in [0.25, 0.3) is 5.56 Å². The minimum absolute atomic E-state index is 0.241. The molecule has 23 heavy (non-hydrogen) atoms. The van der Waals surface area contributed by atoms with Crippen molar-refractivity contribution in [2.45, 2.75) is 20.8 Å². The van der Waals surface area contributed by atoms with Crippen molar-refractivity contribution in [2.24, 2.45) is 13.0 Å². The highest BCUT2D eigenvalue weighted by atomic mass is 16.6. The van der Waals surface area contributed by atoms with Gasteiger partial charge in [0, 0.05) is 14.1 Å². The average Bonchev–Trinajstić information content (AvgIpc) is 2.75. The maximum Gasteiger partial charge on any atom is 0.414 e. The molecule has 6 heteroatoms. The Morgan fingerprint density at radius 3 is 2.43 bits per heavy atom. The summed E-state index contributed by atoms with van der Waals surface area (Å²) >= 11 is 0. The van der Waals surface area contributed by atoms with Crippen LogP contribution in [0.4, 0.5) is 10.5 Å². The van der Waals surface area contributed by atoms with Gasteiger partial charge in [-0.05, 0) is 25.0 Å². The van der Waals surface area contributed by atoms with Crippen LogP contribution in [-0.2, 0) is 11.8 Å². The van der Waals surface area contributed by atoms with Gasteiger partial charge in [0.2, 0.25) is 0 Å². The molecule has 0 bridgehead atoms. The minimum Gasteiger partial charge on any atom is -0.449 e. The normalized spacial score (nSPS) is 10.9. The van der Waals surface area contributed by atoms with E-state index in [1.807, 2.05) is 51.1 Å². The van der Waals surface area contributed by atoms with Crippen molar-refractivity contribution in [1.29, 1.82) is 0 Å². The Hall–Kier alpha value is -2.50. The lowest BCUT2D eigenvalue weighted by Crippen LogP contribution is -2.32. The quantitative estimate of drug-likeness (QED) is 0.871. The summed E-state index contributed by atoms with van der Waals surface area (Å²) in [6.07, 6.45) is -0.523. The molecule has 0 saturated heterocycles. The molecule has 0 aliphatic heterocycles. The Bertz CT molecular complexity index is 744. The van der Waals surface area contributed by atoms with Crippen LogP contribution in [0.15, 0.2) is 35.1 Å². The Morgan fingerprint density at radius 2 is 1.87 bits per heavy atom. The van der Waals surface area contributed by atoms with Crippen molar-refractivity contribution in [3.8, 4) is 5.69 Å². The van der Waals surface area contributed by atoms with Gasteiger partial charge in [-0.3, -0.25) is 14.4 Å². The van der Waals surface area contributed by atoms with E-state index in [2.05, 4.69) is 0 Å². The lowest BCUT2D eigenvalue weighted by Gasteiger charge is -2.16. The Balaban J connectivity index is 2.41. The highest BCUT2D eigenvalue weighted by Crippen LogP contribution is 2.18. The van der Waals surface area contributed by atoms with Crippen LogP contribution in [0.5, 0.6) is 0 Å². The van der Waals surface area contributed by atoms with E-state index in [1.165, 1.54) is 9.58 Å². The molecule has 6 nitrogen and oxygen atoms in total. The van der Waals surface area contributed by atoms with Gasteiger partial charge >= 0.3 is 6.09 Å². The molecular weight excluding hydrogens is 294 g/mol. The predicted octanol–water partition coefficient (Wildman–Crippen LogP) is 2.71. The second-order valence-corrected chi connectivity index (χ2v) is 5.94. The van der Waals surface area contributed by atoms with Gasteiger partial charge in [-0.1, -0.05) is 32.0 Å². The summed E-state index contributed by atoms with van der Waals surface area (Å²) in [5.41, 5.74) is 1.52. The zero-order valence-corrected chi connectivity index (χ0v) is 14.2. The van der Waals surface area contributed by atoms with E-state index in [0.29, 0.717) is 18.0 Å². The van der Waals surface area contributed by atoms with E-state index in [-0.39, 0.29) is 11.5 Å². The Kier molecular flexibility index (Phi) is 4.93. The minimum atomic E-state index is -0.523. The molecule has 1 heterocycles. The van der Waals surface area contributed by atoms with Gasteiger partial charge in [0.15, 0.2) is 0 Å². The zero-order valence-electron chi connectivity index (χ0n) is 14.2. The number of aromatic nitrogens is 2. The first-order valence-corrected chi connectivity index (χ1v) is 7.59. The molecule has 1 amide bonds. The molecule has 0 saturated carbocycles. The molecule has 1 aromatic heterocycles. The summed E-state index contributed by atoms with van der Waals surface area (Å²) in [6, 6.07) is 9.32. The number of hydrogen-bond donors (Lipinski definition) is 0. The largest absolute Gasteiger partial charge is 0.449 e. The van der Waals surface area contributed by atoms with Gasteiger partial charge in [-0.25, -0.2) is 9.48 Å². The molecule has 0 radical (unpaired) electrons. The molecule has 0 spiro atoms. The number of benzene rings is 1. The third-order valence-electron chi connectivity index (χ3n) is 3.67. The number of carbonyl (C=O) groups is 1. The molecular formula is C17H23N3O3. The Labute approximate surface area is 135 Å². The molecule has 0 unspecified atom stereocenters. The van der Waals surface area contributed by atoms with Crippen LogP contribution in [0.1, 0.15) is 19.5 Å². The maximum atomic E-state index is 12.8. The van der Waals surface area contributed by atoms with Gasteiger partial charge in [-0.15, -0.1) is 0 Å². The summed E-state index contributed by atoms with van der Waals surface area (Å²) in [5.74, 6) is 0.241. The van der Waals surface area contributed by atoms with Crippen LogP contribution in [-0.4, -0.2) is 29.1 Å². The molecule has 0 aliphatic rings. The summed E-state index contributed by atoms with van der Waals surface area (Å²) in [5, 5.41) is 0. The first-order chi connectivity index (χ1) is 10.8. The molecule has 0 fully saturated rings. The van der Waals surface area contributed by atoms with Crippen molar-refractivity contribution in [3.05, 3.63) is 46.4 Å². The van der Waals surface area contributed by atoms with Crippen LogP contribution in [0.25, 0.3) is 5.69 Å². The topological polar surface area (TPSA) is 56.5 Å². The van der Waals surface area contributed by atoms with Crippen molar-refractivity contribution < 1.29 is 9.53 Å². The summed E-state index contributed by atoms with van der Waals surface area (Å²) in [7, 11) is 3.35. The lowest BCUT2D eigenvalue weighted by atomic mass is 10.2. The number of anilines is 1. The third-order valence-corrected chi connectivity index (χ3v) is 3.67. The molecule has 0 N–H and O–H groups in total. The number of para-hydroxylation sites is 1. The SMILES string of the molecule is Cc1c(N(C)C(=O)OCC(C)C)c(=O)n(-c2ccccc2)n1C. The lowest BCUT2D eigenvalue weighted by molar-refractivity contribution is 0.141. The van der Waals surface area contributed by atoms with Crippen molar-refractivity contribution in [3.63, 3.8) is 0 Å². The second-order valence-electron chi connectivity index (χ2n) is 5.94. The summed E-state index contributed by atoms with van der Waals surface area (Å²) in [6.45, 7) is 6.05. The van der Waals surface area contributed by atoms with E-state index in [9.17, 15) is 9.59 Å². The second kappa shape index (κ2) is 6.73.